The minimum atomic E-state index is -3.46. The fraction of sp³-hybridized carbons (Fsp3) is 0.562. The van der Waals surface area contributed by atoms with E-state index in [9.17, 15) is 13.2 Å². The summed E-state index contributed by atoms with van der Waals surface area (Å²) >= 11 is 0. The fourth-order valence-corrected chi connectivity index (χ4v) is 4.59. The lowest BCUT2D eigenvalue weighted by Crippen LogP contribution is -2.42. The van der Waals surface area contributed by atoms with Crippen LogP contribution >= 0.6 is 0 Å². The highest BCUT2D eigenvalue weighted by molar-refractivity contribution is 7.89. The number of anilines is 1. The van der Waals surface area contributed by atoms with Gasteiger partial charge < -0.3 is 5.32 Å². The summed E-state index contributed by atoms with van der Waals surface area (Å²) in [5.41, 5.74) is 0.617. The first-order chi connectivity index (χ1) is 10.3. The van der Waals surface area contributed by atoms with Gasteiger partial charge in [-0.2, -0.15) is 4.31 Å². The molecule has 1 aliphatic heterocycles. The molecule has 5 nitrogen and oxygen atoms in total. The Bertz CT molecular complexity index is 615. The maximum atomic E-state index is 12.7. The minimum Gasteiger partial charge on any atom is -0.326 e. The Morgan fingerprint density at radius 3 is 2.23 bits per heavy atom. The molecule has 1 heterocycles. The first-order valence-electron chi connectivity index (χ1n) is 7.73. The van der Waals surface area contributed by atoms with Gasteiger partial charge in [-0.1, -0.05) is 20.8 Å². The molecular formula is C16H24N2O3S. The molecule has 122 valence electrons. The third-order valence-electron chi connectivity index (χ3n) is 3.93. The van der Waals surface area contributed by atoms with E-state index in [0.29, 0.717) is 37.0 Å². The zero-order chi connectivity index (χ0) is 16.3. The van der Waals surface area contributed by atoms with Crippen molar-refractivity contribution in [3.8, 4) is 0 Å². The van der Waals surface area contributed by atoms with E-state index in [2.05, 4.69) is 19.2 Å². The second kappa shape index (κ2) is 6.79. The first kappa shape index (κ1) is 17.0. The molecule has 0 spiro atoms. The van der Waals surface area contributed by atoms with Gasteiger partial charge in [0.15, 0.2) is 0 Å². The molecule has 2 unspecified atom stereocenters. The largest absolute Gasteiger partial charge is 0.326 e. The number of carbonyl (C=O) groups is 1. The summed E-state index contributed by atoms with van der Waals surface area (Å²) in [4.78, 5) is 11.6. The molecule has 1 amide bonds. The van der Waals surface area contributed by atoms with E-state index in [4.69, 9.17) is 0 Å². The smallest absolute Gasteiger partial charge is 0.243 e. The summed E-state index contributed by atoms with van der Waals surface area (Å²) < 4.78 is 27.0. The summed E-state index contributed by atoms with van der Waals surface area (Å²) in [7, 11) is -3.46. The maximum absolute atomic E-state index is 12.7. The van der Waals surface area contributed by atoms with Crippen LogP contribution in [-0.2, 0) is 14.8 Å². The monoisotopic (exact) mass is 324 g/mol. The Labute approximate surface area is 132 Å². The van der Waals surface area contributed by atoms with Crippen molar-refractivity contribution in [3.05, 3.63) is 24.3 Å². The SMILES string of the molecule is CCC(=O)Nc1ccc(S(=O)(=O)N2CC(C)CC(C)C2)cc1. The highest BCUT2D eigenvalue weighted by Crippen LogP contribution is 2.27. The average Bonchev–Trinajstić information content (AvgIpc) is 2.46. The number of amides is 1. The van der Waals surface area contributed by atoms with Gasteiger partial charge in [-0.15, -0.1) is 0 Å². The van der Waals surface area contributed by atoms with Gasteiger partial charge in [0.25, 0.3) is 0 Å². The number of nitrogens with one attached hydrogen (secondary N) is 1. The third-order valence-corrected chi connectivity index (χ3v) is 5.78. The molecule has 6 heteroatoms. The van der Waals surface area contributed by atoms with Crippen LogP contribution in [0.15, 0.2) is 29.2 Å². The lowest BCUT2D eigenvalue weighted by molar-refractivity contribution is -0.115. The topological polar surface area (TPSA) is 66.5 Å². The molecule has 0 aliphatic carbocycles. The van der Waals surface area contributed by atoms with Crippen LogP contribution in [0.25, 0.3) is 0 Å². The molecule has 0 bridgehead atoms. The number of hydrogen-bond donors (Lipinski definition) is 1. The molecular weight excluding hydrogens is 300 g/mol. The number of piperidine rings is 1. The molecule has 2 rings (SSSR count). The van der Waals surface area contributed by atoms with Crippen LogP contribution in [0, 0.1) is 11.8 Å². The van der Waals surface area contributed by atoms with Gasteiger partial charge >= 0.3 is 0 Å². The summed E-state index contributed by atoms with van der Waals surface area (Å²) in [5.74, 6) is 0.664. The van der Waals surface area contributed by atoms with Crippen LogP contribution in [-0.4, -0.2) is 31.7 Å². The van der Waals surface area contributed by atoms with Crippen molar-refractivity contribution in [2.45, 2.75) is 38.5 Å². The van der Waals surface area contributed by atoms with Gasteiger partial charge in [0.05, 0.1) is 4.90 Å². The number of benzene rings is 1. The van der Waals surface area contributed by atoms with Gasteiger partial charge in [0.1, 0.15) is 0 Å². The molecule has 2 atom stereocenters. The zero-order valence-electron chi connectivity index (χ0n) is 13.4. The van der Waals surface area contributed by atoms with E-state index >= 15 is 0 Å². The Morgan fingerprint density at radius 1 is 1.18 bits per heavy atom. The van der Waals surface area contributed by atoms with Crippen LogP contribution in [0.2, 0.25) is 0 Å². The average molecular weight is 324 g/mol. The second-order valence-corrected chi connectivity index (χ2v) is 8.13. The highest BCUT2D eigenvalue weighted by Gasteiger charge is 2.31. The van der Waals surface area contributed by atoms with E-state index in [1.54, 1.807) is 35.5 Å². The normalized spacial score (nSPS) is 23.2. The Hall–Kier alpha value is -1.40. The minimum absolute atomic E-state index is 0.0886. The fourth-order valence-electron chi connectivity index (χ4n) is 2.91. The van der Waals surface area contributed by atoms with E-state index in [1.165, 1.54) is 0 Å². The van der Waals surface area contributed by atoms with Crippen molar-refractivity contribution in [2.75, 3.05) is 18.4 Å². The lowest BCUT2D eigenvalue weighted by Gasteiger charge is -2.34. The summed E-state index contributed by atoms with van der Waals surface area (Å²) in [5, 5.41) is 2.72. The lowest BCUT2D eigenvalue weighted by atomic mass is 9.94. The van der Waals surface area contributed by atoms with Gasteiger partial charge in [-0.3, -0.25) is 4.79 Å². The van der Waals surface area contributed by atoms with Crippen LogP contribution in [0.3, 0.4) is 0 Å². The molecule has 0 radical (unpaired) electrons. The van der Waals surface area contributed by atoms with E-state index in [1.807, 2.05) is 0 Å². The summed E-state index contributed by atoms with van der Waals surface area (Å²) in [6.45, 7) is 7.08. The predicted octanol–water partition coefficient (Wildman–Crippen LogP) is 2.70. The van der Waals surface area contributed by atoms with Crippen LogP contribution < -0.4 is 5.32 Å². The van der Waals surface area contributed by atoms with Gasteiger partial charge in [-0.25, -0.2) is 8.42 Å². The molecule has 22 heavy (non-hydrogen) atoms. The molecule has 1 aromatic rings. The summed E-state index contributed by atoms with van der Waals surface area (Å²) in [6.07, 6.45) is 1.46. The first-order valence-corrected chi connectivity index (χ1v) is 9.17. The standard InChI is InChI=1S/C16H24N2O3S/c1-4-16(19)17-14-5-7-15(8-6-14)22(20,21)18-10-12(2)9-13(3)11-18/h5-8,12-13H,4,9-11H2,1-3H3,(H,17,19). The van der Waals surface area contributed by atoms with Crippen molar-refractivity contribution in [1.29, 1.82) is 0 Å². The number of hydrogen-bond acceptors (Lipinski definition) is 3. The molecule has 0 saturated carbocycles. The van der Waals surface area contributed by atoms with Crippen molar-refractivity contribution < 1.29 is 13.2 Å². The van der Waals surface area contributed by atoms with Crippen LogP contribution in [0.5, 0.6) is 0 Å². The van der Waals surface area contributed by atoms with Gasteiger partial charge in [-0.05, 0) is 42.5 Å². The molecule has 0 aromatic heterocycles. The van der Waals surface area contributed by atoms with E-state index in [-0.39, 0.29) is 10.8 Å². The van der Waals surface area contributed by atoms with Crippen molar-refractivity contribution in [2.24, 2.45) is 11.8 Å². The molecule has 1 saturated heterocycles. The molecule has 1 fully saturated rings. The number of rotatable bonds is 4. The third kappa shape index (κ3) is 3.87. The summed E-state index contributed by atoms with van der Waals surface area (Å²) in [6, 6.07) is 6.39. The van der Waals surface area contributed by atoms with Crippen molar-refractivity contribution in [3.63, 3.8) is 0 Å². The highest BCUT2D eigenvalue weighted by atomic mass is 32.2. The molecule has 1 aromatic carbocycles. The van der Waals surface area contributed by atoms with E-state index in [0.717, 1.165) is 6.42 Å². The van der Waals surface area contributed by atoms with Crippen molar-refractivity contribution in [1.82, 2.24) is 4.31 Å². The zero-order valence-corrected chi connectivity index (χ0v) is 14.2. The predicted molar refractivity (Wildman–Crippen MR) is 87.1 cm³/mol. The number of carbonyl (C=O) groups excluding carboxylic acids is 1. The maximum Gasteiger partial charge on any atom is 0.243 e. The Balaban J connectivity index is 2.17. The van der Waals surface area contributed by atoms with Gasteiger partial charge in [0.2, 0.25) is 15.9 Å². The van der Waals surface area contributed by atoms with Gasteiger partial charge in [0, 0.05) is 25.2 Å². The van der Waals surface area contributed by atoms with Crippen LogP contribution in [0.4, 0.5) is 5.69 Å². The number of sulfonamides is 1. The molecule has 1 aliphatic rings. The van der Waals surface area contributed by atoms with Crippen molar-refractivity contribution >= 4 is 21.6 Å². The molecule has 1 N–H and O–H groups in total. The second-order valence-electron chi connectivity index (χ2n) is 6.19. The Kier molecular flexibility index (Phi) is 5.24. The quantitative estimate of drug-likeness (QED) is 0.926. The van der Waals surface area contributed by atoms with E-state index < -0.39 is 10.0 Å². The number of nitrogens with zero attached hydrogens (tertiary/aromatic N) is 1. The van der Waals surface area contributed by atoms with Crippen LogP contribution in [0.1, 0.15) is 33.6 Å². The Morgan fingerprint density at radius 2 is 1.73 bits per heavy atom.